The number of hydrogen-bond acceptors (Lipinski definition) is 7. The molecule has 2 rings (SSSR count). The molecule has 0 radical (unpaired) electrons. The van der Waals surface area contributed by atoms with Crippen LogP contribution in [-0.2, 0) is 6.42 Å². The molecule has 1 heterocycles. The van der Waals surface area contributed by atoms with E-state index < -0.39 is 11.7 Å². The van der Waals surface area contributed by atoms with Crippen molar-refractivity contribution in [2.24, 2.45) is 0 Å². The summed E-state index contributed by atoms with van der Waals surface area (Å²) >= 11 is 0. The zero-order valence-electron chi connectivity index (χ0n) is 15.4. The van der Waals surface area contributed by atoms with Gasteiger partial charge in [0.05, 0.1) is 18.6 Å². The van der Waals surface area contributed by atoms with Gasteiger partial charge < -0.3 is 15.7 Å². The van der Waals surface area contributed by atoms with E-state index in [1.165, 1.54) is 12.1 Å². The molecule has 1 aromatic carbocycles. The molecule has 3 N–H and O–H groups in total. The maximum absolute atomic E-state index is 14.1. The van der Waals surface area contributed by atoms with Crippen molar-refractivity contribution in [1.29, 1.82) is 15.8 Å². The van der Waals surface area contributed by atoms with Gasteiger partial charge >= 0.3 is 0 Å². The van der Waals surface area contributed by atoms with Gasteiger partial charge in [-0.1, -0.05) is 18.2 Å². The zero-order valence-corrected chi connectivity index (χ0v) is 15.4. The van der Waals surface area contributed by atoms with E-state index in [1.807, 2.05) is 19.1 Å². The molecule has 7 nitrogen and oxygen atoms in total. The summed E-state index contributed by atoms with van der Waals surface area (Å²) in [4.78, 5) is 5.81. The summed E-state index contributed by atoms with van der Waals surface area (Å²) in [7, 11) is 0. The predicted octanol–water partition coefficient (Wildman–Crippen LogP) is 2.21. The average molecular weight is 378 g/mol. The number of aliphatic hydroxyl groups is 1. The van der Waals surface area contributed by atoms with Gasteiger partial charge in [-0.15, -0.1) is 0 Å². The van der Waals surface area contributed by atoms with Crippen molar-refractivity contribution in [3.05, 3.63) is 52.3 Å². The Morgan fingerprint density at radius 2 is 1.89 bits per heavy atom. The number of likely N-dealkylation sites (N-methyl/N-ethyl adjacent to an activating group) is 1. The number of aliphatic hydroxyl groups excluding tert-OH is 1. The fraction of sp³-hybridized carbons (Fsp3) is 0.300. The Kier molecular flexibility index (Phi) is 6.87. The lowest BCUT2D eigenvalue weighted by atomic mass is 9.87. The standard InChI is InChI=1S/C20H19FN6O/c1-2-27(7-8-28)20-16(12-24)18(15(11-23)19(25)26-20)14(10-22)9-13-5-3-4-6-17(13)21/h3-6,14,28H,2,7-9H2,1H3,(H2,25,26)/t14-/m1/s1. The van der Waals surface area contributed by atoms with Crippen LogP contribution in [0.2, 0.25) is 0 Å². The average Bonchev–Trinajstić information content (AvgIpc) is 2.70. The predicted molar refractivity (Wildman–Crippen MR) is 102 cm³/mol. The largest absolute Gasteiger partial charge is 0.395 e. The van der Waals surface area contributed by atoms with E-state index >= 15 is 0 Å². The highest BCUT2D eigenvalue weighted by molar-refractivity contribution is 5.70. The molecule has 0 aliphatic rings. The summed E-state index contributed by atoms with van der Waals surface area (Å²) in [6.07, 6.45) is -0.0262. The Morgan fingerprint density at radius 1 is 1.21 bits per heavy atom. The molecule has 0 aliphatic carbocycles. The van der Waals surface area contributed by atoms with E-state index in [2.05, 4.69) is 11.1 Å². The van der Waals surface area contributed by atoms with Gasteiger partial charge in [0.2, 0.25) is 0 Å². The minimum atomic E-state index is -0.974. The molecule has 1 aromatic heterocycles. The zero-order chi connectivity index (χ0) is 20.7. The quantitative estimate of drug-likeness (QED) is 0.754. The van der Waals surface area contributed by atoms with Crippen LogP contribution in [0.3, 0.4) is 0 Å². The number of aromatic nitrogens is 1. The van der Waals surface area contributed by atoms with Crippen molar-refractivity contribution in [3.8, 4) is 18.2 Å². The molecule has 0 amide bonds. The number of anilines is 2. The molecule has 0 saturated heterocycles. The molecular formula is C20H19FN6O. The SMILES string of the molecule is CCN(CCO)c1nc(N)c(C#N)c([C@@H](C#N)Cc2ccccc2F)c1C#N. The molecule has 2 aromatic rings. The van der Waals surface area contributed by atoms with E-state index in [1.54, 1.807) is 17.0 Å². The summed E-state index contributed by atoms with van der Waals surface area (Å²) in [5.41, 5.74) is 6.34. The van der Waals surface area contributed by atoms with Crippen molar-refractivity contribution < 1.29 is 9.50 Å². The van der Waals surface area contributed by atoms with E-state index in [4.69, 9.17) is 5.73 Å². The third-order valence-electron chi connectivity index (χ3n) is 4.41. The number of nitrogens with two attached hydrogens (primary N) is 1. The second kappa shape index (κ2) is 9.32. The van der Waals surface area contributed by atoms with Crippen molar-refractivity contribution in [2.75, 3.05) is 30.3 Å². The Labute approximate surface area is 162 Å². The summed E-state index contributed by atoms with van der Waals surface area (Å²) < 4.78 is 14.1. The van der Waals surface area contributed by atoms with Gasteiger partial charge in [-0.3, -0.25) is 0 Å². The first-order valence-electron chi connectivity index (χ1n) is 8.64. The normalized spacial score (nSPS) is 11.1. The number of hydrogen-bond donors (Lipinski definition) is 2. The second-order valence-electron chi connectivity index (χ2n) is 5.99. The van der Waals surface area contributed by atoms with Crippen LogP contribution >= 0.6 is 0 Å². The van der Waals surface area contributed by atoms with Crippen LogP contribution in [0.15, 0.2) is 24.3 Å². The molecule has 0 bridgehead atoms. The highest BCUT2D eigenvalue weighted by Gasteiger charge is 2.28. The van der Waals surface area contributed by atoms with Crippen LogP contribution in [0.1, 0.15) is 35.1 Å². The van der Waals surface area contributed by atoms with E-state index in [-0.39, 0.29) is 47.9 Å². The van der Waals surface area contributed by atoms with Gasteiger partial charge in [-0.25, -0.2) is 9.37 Å². The smallest absolute Gasteiger partial charge is 0.149 e. The van der Waals surface area contributed by atoms with Crippen molar-refractivity contribution in [1.82, 2.24) is 4.98 Å². The first-order chi connectivity index (χ1) is 13.5. The van der Waals surface area contributed by atoms with Crippen LogP contribution in [-0.4, -0.2) is 29.8 Å². The Bertz CT molecular complexity index is 986. The highest BCUT2D eigenvalue weighted by Crippen LogP contribution is 2.34. The molecule has 0 fully saturated rings. The number of rotatable bonds is 7. The summed E-state index contributed by atoms with van der Waals surface area (Å²) in [5, 5.41) is 38.4. The number of pyridine rings is 1. The molecule has 0 unspecified atom stereocenters. The van der Waals surface area contributed by atoms with Gasteiger partial charge in [0, 0.05) is 18.7 Å². The van der Waals surface area contributed by atoms with Crippen molar-refractivity contribution in [3.63, 3.8) is 0 Å². The van der Waals surface area contributed by atoms with Crippen LogP contribution in [0.4, 0.5) is 16.0 Å². The first kappa shape index (κ1) is 20.6. The van der Waals surface area contributed by atoms with Crippen molar-refractivity contribution in [2.45, 2.75) is 19.3 Å². The topological polar surface area (TPSA) is 134 Å². The molecule has 142 valence electrons. The summed E-state index contributed by atoms with van der Waals surface area (Å²) in [6, 6.07) is 12.0. The van der Waals surface area contributed by atoms with Crippen LogP contribution in [0.5, 0.6) is 0 Å². The van der Waals surface area contributed by atoms with E-state index in [0.717, 1.165) is 0 Å². The lowest BCUT2D eigenvalue weighted by Crippen LogP contribution is -2.29. The lowest BCUT2D eigenvalue weighted by Gasteiger charge is -2.25. The van der Waals surface area contributed by atoms with Gasteiger partial charge in [0.25, 0.3) is 0 Å². The molecule has 8 heteroatoms. The number of benzene rings is 1. The lowest BCUT2D eigenvalue weighted by molar-refractivity contribution is 0.302. The third-order valence-corrected chi connectivity index (χ3v) is 4.41. The van der Waals surface area contributed by atoms with Gasteiger partial charge in [0.15, 0.2) is 0 Å². The monoisotopic (exact) mass is 378 g/mol. The molecule has 28 heavy (non-hydrogen) atoms. The number of halogens is 1. The minimum absolute atomic E-state index is 0.0262. The third kappa shape index (κ3) is 4.01. The number of nitrogen functional groups attached to an aromatic ring is 1. The van der Waals surface area contributed by atoms with E-state index in [0.29, 0.717) is 12.1 Å². The summed E-state index contributed by atoms with van der Waals surface area (Å²) in [5.74, 6) is -1.37. The molecule has 0 aliphatic heterocycles. The minimum Gasteiger partial charge on any atom is -0.395 e. The number of nitriles is 3. The van der Waals surface area contributed by atoms with E-state index in [9.17, 15) is 25.3 Å². The fourth-order valence-electron chi connectivity index (χ4n) is 3.04. The first-order valence-corrected chi connectivity index (χ1v) is 8.64. The molecule has 1 atom stereocenters. The fourth-order valence-corrected chi connectivity index (χ4v) is 3.04. The van der Waals surface area contributed by atoms with Crippen LogP contribution < -0.4 is 10.6 Å². The number of nitrogens with zero attached hydrogens (tertiary/aromatic N) is 5. The Balaban J connectivity index is 2.71. The molecule has 0 spiro atoms. The maximum atomic E-state index is 14.1. The Morgan fingerprint density at radius 3 is 2.43 bits per heavy atom. The second-order valence-corrected chi connectivity index (χ2v) is 5.99. The Hall–Kier alpha value is -3.67. The van der Waals surface area contributed by atoms with Crippen molar-refractivity contribution >= 4 is 11.6 Å². The maximum Gasteiger partial charge on any atom is 0.149 e. The highest BCUT2D eigenvalue weighted by atomic mass is 19.1. The van der Waals surface area contributed by atoms with Crippen LogP contribution in [0, 0.1) is 39.8 Å². The van der Waals surface area contributed by atoms with Crippen LogP contribution in [0.25, 0.3) is 0 Å². The van der Waals surface area contributed by atoms with Gasteiger partial charge in [0.1, 0.15) is 40.7 Å². The molecule has 0 saturated carbocycles. The summed E-state index contributed by atoms with van der Waals surface area (Å²) in [6.45, 7) is 2.27. The molecular weight excluding hydrogens is 359 g/mol. The van der Waals surface area contributed by atoms with Gasteiger partial charge in [-0.05, 0) is 25.0 Å². The van der Waals surface area contributed by atoms with Gasteiger partial charge in [-0.2, -0.15) is 15.8 Å².